The van der Waals surface area contributed by atoms with Gasteiger partial charge in [-0.25, -0.2) is 8.42 Å². The first kappa shape index (κ1) is 14.9. The average molecular weight is 356 g/mol. The van der Waals surface area contributed by atoms with E-state index in [2.05, 4.69) is 0 Å². The second-order valence-corrected chi connectivity index (χ2v) is 6.32. The van der Waals surface area contributed by atoms with E-state index in [1.54, 1.807) is 0 Å². The van der Waals surface area contributed by atoms with Crippen molar-refractivity contribution < 1.29 is 8.42 Å². The Morgan fingerprint density at radius 2 is 1.37 bits per heavy atom. The zero-order valence-corrected chi connectivity index (χ0v) is 13.1. The molecule has 0 unspecified atom stereocenters. The van der Waals surface area contributed by atoms with Crippen LogP contribution >= 0.6 is 46.4 Å². The largest absolute Gasteiger partial charge is 0.227 e. The van der Waals surface area contributed by atoms with Gasteiger partial charge in [0.1, 0.15) is 0 Å². The third kappa shape index (κ3) is 3.18. The number of thiol groups is 1. The summed E-state index contributed by atoms with van der Waals surface area (Å²) in [5.74, 6) is 0. The van der Waals surface area contributed by atoms with Crippen LogP contribution < -0.4 is 0 Å². The molecule has 2 aromatic carbocycles. The van der Waals surface area contributed by atoms with Crippen LogP contribution in [0.3, 0.4) is 0 Å². The molecule has 0 aliphatic carbocycles. The van der Waals surface area contributed by atoms with Gasteiger partial charge in [-0.1, -0.05) is 46.4 Å². The van der Waals surface area contributed by atoms with Gasteiger partial charge in [-0.05, 0) is 30.3 Å². The van der Waals surface area contributed by atoms with Crippen molar-refractivity contribution in [3.63, 3.8) is 0 Å². The van der Waals surface area contributed by atoms with Crippen LogP contribution in [-0.2, 0) is 10.7 Å². The molecule has 0 bridgehead atoms. The van der Waals surface area contributed by atoms with Crippen molar-refractivity contribution in [3.05, 3.63) is 50.4 Å². The zero-order valence-electron chi connectivity index (χ0n) is 9.16. The van der Waals surface area contributed by atoms with Gasteiger partial charge in [0.2, 0.25) is 0 Å². The summed E-state index contributed by atoms with van der Waals surface area (Å²) >= 11 is 23.8. The predicted molar refractivity (Wildman–Crippen MR) is 80.5 cm³/mol. The van der Waals surface area contributed by atoms with E-state index in [-0.39, 0.29) is 9.92 Å². The van der Waals surface area contributed by atoms with E-state index < -0.39 is 10.7 Å². The van der Waals surface area contributed by atoms with Crippen molar-refractivity contribution in [2.24, 2.45) is 0 Å². The summed E-state index contributed by atoms with van der Waals surface area (Å²) in [5.41, 5.74) is 0.861. The Morgan fingerprint density at radius 3 is 2.00 bits per heavy atom. The molecule has 2 rings (SSSR count). The van der Waals surface area contributed by atoms with E-state index >= 15 is 0 Å². The molecule has 0 aliphatic rings. The van der Waals surface area contributed by atoms with E-state index in [9.17, 15) is 8.42 Å². The van der Waals surface area contributed by atoms with Crippen LogP contribution in [0.1, 0.15) is 0 Å². The maximum atomic E-state index is 11.3. The predicted octanol–water partition coefficient (Wildman–Crippen LogP) is 4.94. The third-order valence-electron chi connectivity index (χ3n) is 2.46. The highest BCUT2D eigenvalue weighted by molar-refractivity contribution is 7.72. The fourth-order valence-electron chi connectivity index (χ4n) is 1.61. The first-order valence-corrected chi connectivity index (χ1v) is 7.68. The Labute approximate surface area is 131 Å². The molecule has 0 spiro atoms. The van der Waals surface area contributed by atoms with Gasteiger partial charge in [-0.15, -0.1) is 0 Å². The van der Waals surface area contributed by atoms with Crippen LogP contribution in [-0.4, -0.2) is 8.42 Å². The monoisotopic (exact) mass is 354 g/mol. The first-order valence-electron chi connectivity index (χ1n) is 4.99. The Kier molecular flexibility index (Phi) is 4.64. The van der Waals surface area contributed by atoms with Crippen molar-refractivity contribution in [2.45, 2.75) is 4.90 Å². The van der Waals surface area contributed by atoms with Crippen molar-refractivity contribution in [2.75, 3.05) is 0 Å². The lowest BCUT2D eigenvalue weighted by Gasteiger charge is -2.09. The molecule has 0 saturated heterocycles. The van der Waals surface area contributed by atoms with Crippen LogP contribution in [0.15, 0.2) is 35.2 Å². The molecular formula is C12H6Cl4O2S. The Morgan fingerprint density at radius 1 is 0.737 bits per heavy atom. The number of halogens is 4. The summed E-state index contributed by atoms with van der Waals surface area (Å²) in [5, 5.41) is 1.28. The highest BCUT2D eigenvalue weighted by Crippen LogP contribution is 2.38. The fourth-order valence-corrected chi connectivity index (χ4v) is 3.01. The van der Waals surface area contributed by atoms with E-state index in [0.717, 1.165) is 0 Å². The Hall–Kier alpha value is -0.450. The molecule has 7 heteroatoms. The highest BCUT2D eigenvalue weighted by Gasteiger charge is 2.13. The van der Waals surface area contributed by atoms with Crippen LogP contribution in [0, 0.1) is 0 Å². The molecule has 2 nitrogen and oxygen atoms in total. The molecule has 0 saturated carbocycles. The lowest BCUT2D eigenvalue weighted by Crippen LogP contribution is -1.89. The maximum Gasteiger partial charge on any atom is 0.168 e. The van der Waals surface area contributed by atoms with Crippen LogP contribution in [0.4, 0.5) is 0 Å². The van der Waals surface area contributed by atoms with E-state index in [0.29, 0.717) is 26.2 Å². The quantitative estimate of drug-likeness (QED) is 0.611. The molecule has 19 heavy (non-hydrogen) atoms. The molecule has 0 N–H and O–H groups in total. The Bertz CT molecular complexity index is 718. The summed E-state index contributed by atoms with van der Waals surface area (Å²) in [4.78, 5) is 0.125. The molecular weight excluding hydrogens is 350 g/mol. The van der Waals surface area contributed by atoms with Gasteiger partial charge in [0.05, 0.1) is 20.0 Å². The summed E-state index contributed by atoms with van der Waals surface area (Å²) < 4.78 is 22.5. The summed E-state index contributed by atoms with van der Waals surface area (Å²) in [7, 11) is -2.78. The smallest absolute Gasteiger partial charge is 0.168 e. The summed E-state index contributed by atoms with van der Waals surface area (Å²) in [6.07, 6.45) is 0. The van der Waals surface area contributed by atoms with Crippen molar-refractivity contribution in [1.82, 2.24) is 0 Å². The average Bonchev–Trinajstić information content (AvgIpc) is 2.33. The summed E-state index contributed by atoms with van der Waals surface area (Å²) in [6, 6.07) is 7.41. The van der Waals surface area contributed by atoms with Crippen LogP contribution in [0.25, 0.3) is 11.1 Å². The van der Waals surface area contributed by atoms with Crippen molar-refractivity contribution in [1.29, 1.82) is 0 Å². The second kappa shape index (κ2) is 5.90. The van der Waals surface area contributed by atoms with Gasteiger partial charge in [-0.2, -0.15) is 0 Å². The lowest BCUT2D eigenvalue weighted by molar-refractivity contribution is 0.615. The standard InChI is InChI=1S/C12H6Cl4O2S/c13-6-1-2-12(19(17)18)8(3-6)7-4-10(15)11(16)5-9(7)14/h1-5,19H. The van der Waals surface area contributed by atoms with Gasteiger partial charge in [0.15, 0.2) is 10.7 Å². The second-order valence-electron chi connectivity index (χ2n) is 3.66. The molecule has 2 aromatic rings. The molecule has 0 radical (unpaired) electrons. The van der Waals surface area contributed by atoms with Crippen molar-refractivity contribution >= 4 is 57.1 Å². The normalized spacial score (nSPS) is 11.0. The van der Waals surface area contributed by atoms with Crippen LogP contribution in [0.5, 0.6) is 0 Å². The molecule has 0 amide bonds. The van der Waals surface area contributed by atoms with Gasteiger partial charge in [0, 0.05) is 16.1 Å². The van der Waals surface area contributed by atoms with Gasteiger partial charge in [0.25, 0.3) is 0 Å². The lowest BCUT2D eigenvalue weighted by atomic mass is 10.1. The van der Waals surface area contributed by atoms with Crippen LogP contribution in [0.2, 0.25) is 20.1 Å². The Balaban J connectivity index is 2.78. The number of rotatable bonds is 2. The zero-order chi connectivity index (χ0) is 14.2. The van der Waals surface area contributed by atoms with Crippen molar-refractivity contribution in [3.8, 4) is 11.1 Å². The summed E-state index contributed by atoms with van der Waals surface area (Å²) in [6.45, 7) is 0. The molecule has 0 aromatic heterocycles. The number of benzene rings is 2. The highest BCUT2D eigenvalue weighted by atomic mass is 35.5. The topological polar surface area (TPSA) is 34.1 Å². The number of hydrogen-bond donors (Lipinski definition) is 1. The van der Waals surface area contributed by atoms with Gasteiger partial charge >= 0.3 is 0 Å². The third-order valence-corrected chi connectivity index (χ3v) is 4.51. The SMILES string of the molecule is O=[SH](=O)c1ccc(Cl)cc1-c1cc(Cl)c(Cl)cc1Cl. The number of hydrogen-bond acceptors (Lipinski definition) is 2. The van der Waals surface area contributed by atoms with Gasteiger partial charge in [-0.3, -0.25) is 0 Å². The first-order chi connectivity index (χ1) is 8.90. The minimum absolute atomic E-state index is 0.125. The molecule has 0 fully saturated rings. The maximum absolute atomic E-state index is 11.3. The minimum Gasteiger partial charge on any atom is -0.227 e. The minimum atomic E-state index is -2.78. The molecule has 0 aliphatic heterocycles. The van der Waals surface area contributed by atoms with E-state index in [4.69, 9.17) is 46.4 Å². The molecule has 100 valence electrons. The van der Waals surface area contributed by atoms with E-state index in [1.165, 1.54) is 30.3 Å². The molecule has 0 heterocycles. The van der Waals surface area contributed by atoms with E-state index in [1.807, 2.05) is 0 Å². The molecule has 0 atom stereocenters. The fraction of sp³-hybridized carbons (Fsp3) is 0. The van der Waals surface area contributed by atoms with Gasteiger partial charge < -0.3 is 0 Å².